The molecular formula is C19H22Cl2. The lowest BCUT2D eigenvalue weighted by Crippen LogP contribution is -2.06. The van der Waals surface area contributed by atoms with Gasteiger partial charge >= 0.3 is 0 Å². The van der Waals surface area contributed by atoms with Gasteiger partial charge in [-0.3, -0.25) is 0 Å². The van der Waals surface area contributed by atoms with E-state index in [-0.39, 0.29) is 5.38 Å². The SMILES string of the molecule is Cc1cccc(C(Cl)c2c(C)c(C)c(C)c(C)c2C)c1Cl. The number of aryl methyl sites for hydroxylation is 1. The minimum absolute atomic E-state index is 0.213. The molecule has 2 aromatic carbocycles. The Labute approximate surface area is 138 Å². The van der Waals surface area contributed by atoms with E-state index >= 15 is 0 Å². The standard InChI is InChI=1S/C19H22Cl2/c1-10-8-7-9-16(18(10)20)19(21)17-14(5)12(3)11(2)13(4)15(17)6/h7-9,19H,1-6H3. The van der Waals surface area contributed by atoms with E-state index in [2.05, 4.69) is 34.6 Å². The predicted molar refractivity (Wildman–Crippen MR) is 94.0 cm³/mol. The summed E-state index contributed by atoms with van der Waals surface area (Å²) < 4.78 is 0. The minimum Gasteiger partial charge on any atom is -0.113 e. The minimum atomic E-state index is -0.213. The second kappa shape index (κ2) is 6.02. The molecule has 0 bridgehead atoms. The Morgan fingerprint density at radius 1 is 0.762 bits per heavy atom. The van der Waals surface area contributed by atoms with Crippen LogP contribution in [0.1, 0.15) is 49.9 Å². The number of benzene rings is 2. The highest BCUT2D eigenvalue weighted by atomic mass is 35.5. The van der Waals surface area contributed by atoms with Crippen molar-refractivity contribution in [2.45, 2.75) is 46.9 Å². The van der Waals surface area contributed by atoms with E-state index < -0.39 is 0 Å². The van der Waals surface area contributed by atoms with Crippen LogP contribution in [0.5, 0.6) is 0 Å². The third kappa shape index (κ3) is 2.72. The molecule has 1 atom stereocenters. The molecule has 1 unspecified atom stereocenters. The van der Waals surface area contributed by atoms with Crippen molar-refractivity contribution in [3.63, 3.8) is 0 Å². The predicted octanol–water partition coefficient (Wildman–Crippen LogP) is 6.52. The van der Waals surface area contributed by atoms with Crippen LogP contribution in [0.4, 0.5) is 0 Å². The fraction of sp³-hybridized carbons (Fsp3) is 0.368. The molecule has 0 aliphatic rings. The van der Waals surface area contributed by atoms with Crippen molar-refractivity contribution in [1.29, 1.82) is 0 Å². The van der Waals surface area contributed by atoms with Gasteiger partial charge in [0.1, 0.15) is 0 Å². The number of hydrogen-bond donors (Lipinski definition) is 0. The van der Waals surface area contributed by atoms with Crippen molar-refractivity contribution in [1.82, 2.24) is 0 Å². The Hall–Kier alpha value is -0.980. The van der Waals surface area contributed by atoms with E-state index in [1.807, 2.05) is 25.1 Å². The highest BCUT2D eigenvalue weighted by molar-refractivity contribution is 6.33. The van der Waals surface area contributed by atoms with Gasteiger partial charge in [-0.05, 0) is 86.1 Å². The van der Waals surface area contributed by atoms with E-state index in [4.69, 9.17) is 23.2 Å². The summed E-state index contributed by atoms with van der Waals surface area (Å²) in [5, 5.41) is 0.558. The molecule has 0 aliphatic heterocycles. The zero-order valence-corrected chi connectivity index (χ0v) is 15.1. The van der Waals surface area contributed by atoms with Crippen molar-refractivity contribution in [2.75, 3.05) is 0 Å². The highest BCUT2D eigenvalue weighted by Crippen LogP contribution is 2.40. The van der Waals surface area contributed by atoms with E-state index in [9.17, 15) is 0 Å². The molecule has 2 heteroatoms. The highest BCUT2D eigenvalue weighted by Gasteiger charge is 2.22. The van der Waals surface area contributed by atoms with Crippen molar-refractivity contribution in [3.05, 3.63) is 67.7 Å². The van der Waals surface area contributed by atoms with Gasteiger partial charge in [0.2, 0.25) is 0 Å². The van der Waals surface area contributed by atoms with Crippen molar-refractivity contribution >= 4 is 23.2 Å². The van der Waals surface area contributed by atoms with E-state index in [0.29, 0.717) is 0 Å². The average molecular weight is 321 g/mol. The lowest BCUT2D eigenvalue weighted by molar-refractivity contribution is 1.03. The van der Waals surface area contributed by atoms with E-state index in [1.54, 1.807) is 0 Å². The van der Waals surface area contributed by atoms with Crippen LogP contribution >= 0.6 is 23.2 Å². The van der Waals surface area contributed by atoms with Crippen LogP contribution in [0, 0.1) is 41.5 Å². The molecular weight excluding hydrogens is 299 g/mol. The van der Waals surface area contributed by atoms with Crippen LogP contribution in [-0.4, -0.2) is 0 Å². The number of halogens is 2. The molecule has 0 spiro atoms. The summed E-state index contributed by atoms with van der Waals surface area (Å²) >= 11 is 13.3. The van der Waals surface area contributed by atoms with Crippen LogP contribution < -0.4 is 0 Å². The average Bonchev–Trinajstić information content (AvgIpc) is 2.46. The third-order valence-electron chi connectivity index (χ3n) is 4.81. The molecule has 21 heavy (non-hydrogen) atoms. The summed E-state index contributed by atoms with van der Waals surface area (Å²) in [6.07, 6.45) is 0. The maximum absolute atomic E-state index is 6.83. The molecule has 0 aromatic heterocycles. The van der Waals surface area contributed by atoms with Crippen molar-refractivity contribution < 1.29 is 0 Å². The van der Waals surface area contributed by atoms with Crippen LogP contribution in [0.3, 0.4) is 0 Å². The smallest absolute Gasteiger partial charge is 0.0855 e. The Morgan fingerprint density at radius 2 is 1.24 bits per heavy atom. The molecule has 0 heterocycles. The molecule has 0 aliphatic carbocycles. The van der Waals surface area contributed by atoms with E-state index in [1.165, 1.54) is 33.4 Å². The molecule has 2 rings (SSSR count). The second-order valence-electron chi connectivity index (χ2n) is 5.88. The summed E-state index contributed by atoms with van der Waals surface area (Å²) in [6, 6.07) is 6.06. The molecule has 0 amide bonds. The Bertz CT molecular complexity index is 670. The molecule has 0 saturated heterocycles. The first-order chi connectivity index (χ1) is 9.77. The van der Waals surface area contributed by atoms with Gasteiger partial charge in [-0.1, -0.05) is 29.8 Å². The number of alkyl halides is 1. The molecule has 112 valence electrons. The van der Waals surface area contributed by atoms with Crippen LogP contribution in [0.25, 0.3) is 0 Å². The summed E-state index contributed by atoms with van der Waals surface area (Å²) in [5.41, 5.74) is 9.80. The maximum Gasteiger partial charge on any atom is 0.0855 e. The Morgan fingerprint density at radius 3 is 1.76 bits per heavy atom. The van der Waals surface area contributed by atoms with Gasteiger partial charge in [0.25, 0.3) is 0 Å². The lowest BCUT2D eigenvalue weighted by Gasteiger charge is -2.23. The summed E-state index contributed by atoms with van der Waals surface area (Å²) in [7, 11) is 0. The van der Waals surface area contributed by atoms with Crippen molar-refractivity contribution in [3.8, 4) is 0 Å². The summed E-state index contributed by atoms with van der Waals surface area (Å²) in [5.74, 6) is 0. The quantitative estimate of drug-likeness (QED) is 0.552. The summed E-state index contributed by atoms with van der Waals surface area (Å²) in [4.78, 5) is 0. The Balaban J connectivity index is 2.70. The largest absolute Gasteiger partial charge is 0.113 e. The lowest BCUT2D eigenvalue weighted by atomic mass is 9.86. The molecule has 2 aromatic rings. The van der Waals surface area contributed by atoms with E-state index in [0.717, 1.165) is 16.1 Å². The maximum atomic E-state index is 6.83. The Kier molecular flexibility index (Phi) is 4.70. The van der Waals surface area contributed by atoms with Gasteiger partial charge in [0, 0.05) is 5.02 Å². The monoisotopic (exact) mass is 320 g/mol. The fourth-order valence-corrected chi connectivity index (χ4v) is 3.73. The number of hydrogen-bond acceptors (Lipinski definition) is 0. The van der Waals surface area contributed by atoms with Crippen LogP contribution in [0.15, 0.2) is 18.2 Å². The molecule has 0 radical (unpaired) electrons. The van der Waals surface area contributed by atoms with Gasteiger partial charge in [0.05, 0.1) is 5.38 Å². The van der Waals surface area contributed by atoms with Gasteiger partial charge < -0.3 is 0 Å². The first kappa shape index (κ1) is 16.4. The normalized spacial score (nSPS) is 12.6. The third-order valence-corrected chi connectivity index (χ3v) is 5.78. The molecule has 0 nitrogen and oxygen atoms in total. The number of rotatable bonds is 2. The van der Waals surface area contributed by atoms with Gasteiger partial charge in [0.15, 0.2) is 0 Å². The molecule has 0 N–H and O–H groups in total. The fourth-order valence-electron chi connectivity index (χ4n) is 2.93. The van der Waals surface area contributed by atoms with Gasteiger partial charge in [-0.2, -0.15) is 0 Å². The van der Waals surface area contributed by atoms with Gasteiger partial charge in [-0.25, -0.2) is 0 Å². The first-order valence-corrected chi connectivity index (χ1v) is 8.04. The van der Waals surface area contributed by atoms with Crippen LogP contribution in [0.2, 0.25) is 5.02 Å². The van der Waals surface area contributed by atoms with Gasteiger partial charge in [-0.15, -0.1) is 11.6 Å². The molecule has 0 saturated carbocycles. The summed E-state index contributed by atoms with van der Waals surface area (Å²) in [6.45, 7) is 12.8. The van der Waals surface area contributed by atoms with Crippen molar-refractivity contribution in [2.24, 2.45) is 0 Å². The molecule has 0 fully saturated rings. The second-order valence-corrected chi connectivity index (χ2v) is 6.69. The topological polar surface area (TPSA) is 0 Å². The first-order valence-electron chi connectivity index (χ1n) is 7.23. The van der Waals surface area contributed by atoms with Crippen LogP contribution in [-0.2, 0) is 0 Å². The zero-order valence-electron chi connectivity index (χ0n) is 13.6. The zero-order chi connectivity index (χ0) is 15.9.